The van der Waals surface area contributed by atoms with E-state index in [4.69, 9.17) is 5.11 Å². The van der Waals surface area contributed by atoms with Gasteiger partial charge in [-0.15, -0.1) is 6.58 Å². The maximum atomic E-state index is 11.8. The SMILES string of the molecule is C=CCCCCCCCCNC(=O)N1CCC(C(=O)O)C1. The number of carboxylic acid groups (broad SMARTS) is 1. The molecule has 1 aliphatic heterocycles. The fraction of sp³-hybridized carbons (Fsp3) is 0.750. The van der Waals surface area contributed by atoms with E-state index in [0.717, 1.165) is 19.3 Å². The van der Waals surface area contributed by atoms with Crippen molar-refractivity contribution in [3.05, 3.63) is 12.7 Å². The number of unbranched alkanes of at least 4 members (excludes halogenated alkanes) is 6. The van der Waals surface area contributed by atoms with E-state index in [9.17, 15) is 9.59 Å². The van der Waals surface area contributed by atoms with Gasteiger partial charge in [-0.2, -0.15) is 0 Å². The van der Waals surface area contributed by atoms with Crippen molar-refractivity contribution < 1.29 is 14.7 Å². The molecule has 1 rings (SSSR count). The van der Waals surface area contributed by atoms with Gasteiger partial charge in [0, 0.05) is 19.6 Å². The molecule has 2 N–H and O–H groups in total. The van der Waals surface area contributed by atoms with Gasteiger partial charge in [0.15, 0.2) is 0 Å². The number of carbonyl (C=O) groups is 2. The predicted octanol–water partition coefficient (Wildman–Crippen LogP) is 3.02. The molecule has 0 aromatic carbocycles. The quantitative estimate of drug-likeness (QED) is 0.481. The van der Waals surface area contributed by atoms with Crippen molar-refractivity contribution in [2.45, 2.75) is 51.4 Å². The Labute approximate surface area is 127 Å². The fourth-order valence-corrected chi connectivity index (χ4v) is 2.57. The summed E-state index contributed by atoms with van der Waals surface area (Å²) in [6, 6.07) is -0.121. The molecule has 1 heterocycles. The summed E-state index contributed by atoms with van der Waals surface area (Å²) in [7, 11) is 0. The Bertz CT molecular complexity index is 344. The minimum atomic E-state index is -0.804. The lowest BCUT2D eigenvalue weighted by Crippen LogP contribution is -2.39. The van der Waals surface area contributed by atoms with Crippen LogP contribution in [0.1, 0.15) is 51.4 Å². The van der Waals surface area contributed by atoms with Crippen molar-refractivity contribution in [2.24, 2.45) is 5.92 Å². The van der Waals surface area contributed by atoms with E-state index in [-0.39, 0.29) is 6.03 Å². The molecule has 1 atom stereocenters. The van der Waals surface area contributed by atoms with Crippen LogP contribution in [-0.2, 0) is 4.79 Å². The molecule has 0 radical (unpaired) electrons. The summed E-state index contributed by atoms with van der Waals surface area (Å²) in [6.07, 6.45) is 10.7. The van der Waals surface area contributed by atoms with Crippen LogP contribution in [0, 0.1) is 5.92 Å². The maximum Gasteiger partial charge on any atom is 0.317 e. The van der Waals surface area contributed by atoms with Crippen LogP contribution in [0.4, 0.5) is 4.79 Å². The normalized spacial score (nSPS) is 17.7. The number of aliphatic carboxylic acids is 1. The summed E-state index contributed by atoms with van der Waals surface area (Å²) in [6.45, 7) is 5.27. The van der Waals surface area contributed by atoms with Gasteiger partial charge in [0.05, 0.1) is 5.92 Å². The second-order valence-corrected chi connectivity index (χ2v) is 5.70. The average molecular weight is 296 g/mol. The molecular formula is C16H28N2O3. The lowest BCUT2D eigenvalue weighted by molar-refractivity contribution is -0.141. The molecule has 1 saturated heterocycles. The predicted molar refractivity (Wildman–Crippen MR) is 83.2 cm³/mol. The van der Waals surface area contributed by atoms with Crippen molar-refractivity contribution in [1.82, 2.24) is 10.2 Å². The Morgan fingerprint density at radius 3 is 2.48 bits per heavy atom. The van der Waals surface area contributed by atoms with Gasteiger partial charge in [-0.1, -0.05) is 31.8 Å². The van der Waals surface area contributed by atoms with E-state index in [1.807, 2.05) is 6.08 Å². The molecule has 0 spiro atoms. The average Bonchev–Trinajstić information content (AvgIpc) is 2.95. The first-order valence-electron chi connectivity index (χ1n) is 8.01. The molecule has 0 aromatic heterocycles. The summed E-state index contributed by atoms with van der Waals surface area (Å²) < 4.78 is 0. The molecule has 5 nitrogen and oxygen atoms in total. The summed E-state index contributed by atoms with van der Waals surface area (Å²) in [5.74, 6) is -1.20. The summed E-state index contributed by atoms with van der Waals surface area (Å²) in [5.41, 5.74) is 0. The fourth-order valence-electron chi connectivity index (χ4n) is 2.57. The van der Waals surface area contributed by atoms with Gasteiger partial charge in [0.25, 0.3) is 0 Å². The Morgan fingerprint density at radius 1 is 1.19 bits per heavy atom. The second-order valence-electron chi connectivity index (χ2n) is 5.70. The standard InChI is InChI=1S/C16H28N2O3/c1-2-3-4-5-6-7-8-9-11-17-16(21)18-12-10-14(13-18)15(19)20/h2,14H,1,3-13H2,(H,17,21)(H,19,20). The molecule has 120 valence electrons. The highest BCUT2D eigenvalue weighted by atomic mass is 16.4. The van der Waals surface area contributed by atoms with Crippen LogP contribution in [0.5, 0.6) is 0 Å². The smallest absolute Gasteiger partial charge is 0.317 e. The van der Waals surface area contributed by atoms with Gasteiger partial charge in [-0.25, -0.2) is 4.79 Å². The zero-order chi connectivity index (χ0) is 15.5. The van der Waals surface area contributed by atoms with Crippen LogP contribution in [0.2, 0.25) is 0 Å². The first kappa shape index (κ1) is 17.5. The number of likely N-dealkylation sites (tertiary alicyclic amines) is 1. The molecule has 0 aromatic rings. The molecule has 1 fully saturated rings. The first-order valence-corrected chi connectivity index (χ1v) is 8.01. The first-order chi connectivity index (χ1) is 10.1. The van der Waals surface area contributed by atoms with Crippen LogP contribution in [0.3, 0.4) is 0 Å². The third kappa shape index (κ3) is 7.16. The zero-order valence-corrected chi connectivity index (χ0v) is 12.9. The van der Waals surface area contributed by atoms with Crippen molar-refractivity contribution in [3.63, 3.8) is 0 Å². The summed E-state index contributed by atoms with van der Waals surface area (Å²) >= 11 is 0. The van der Waals surface area contributed by atoms with Crippen LogP contribution in [0.15, 0.2) is 12.7 Å². The molecule has 2 amide bonds. The van der Waals surface area contributed by atoms with E-state index in [1.54, 1.807) is 4.90 Å². The number of hydrogen-bond donors (Lipinski definition) is 2. The summed E-state index contributed by atoms with van der Waals surface area (Å²) in [4.78, 5) is 24.3. The Morgan fingerprint density at radius 2 is 1.86 bits per heavy atom. The van der Waals surface area contributed by atoms with Gasteiger partial charge in [-0.3, -0.25) is 4.79 Å². The lowest BCUT2D eigenvalue weighted by atomic mass is 10.1. The number of rotatable bonds is 10. The molecule has 0 bridgehead atoms. The zero-order valence-electron chi connectivity index (χ0n) is 12.9. The molecule has 1 aliphatic rings. The van der Waals surface area contributed by atoms with Gasteiger partial charge < -0.3 is 15.3 Å². The van der Waals surface area contributed by atoms with Gasteiger partial charge >= 0.3 is 12.0 Å². The third-order valence-electron chi connectivity index (χ3n) is 3.94. The minimum Gasteiger partial charge on any atom is -0.481 e. The molecule has 21 heavy (non-hydrogen) atoms. The monoisotopic (exact) mass is 296 g/mol. The third-order valence-corrected chi connectivity index (χ3v) is 3.94. The van der Waals surface area contributed by atoms with Crippen LogP contribution >= 0.6 is 0 Å². The second kappa shape index (κ2) is 10.2. The Balaban J connectivity index is 1.97. The highest BCUT2D eigenvalue weighted by Gasteiger charge is 2.30. The van der Waals surface area contributed by atoms with Gasteiger partial charge in [0.1, 0.15) is 0 Å². The van der Waals surface area contributed by atoms with E-state index in [0.29, 0.717) is 26.1 Å². The van der Waals surface area contributed by atoms with Crippen LogP contribution in [-0.4, -0.2) is 41.6 Å². The number of amides is 2. The number of hydrogen-bond acceptors (Lipinski definition) is 2. The molecule has 0 aliphatic carbocycles. The number of nitrogens with one attached hydrogen (secondary N) is 1. The molecule has 1 unspecified atom stereocenters. The molecule has 0 saturated carbocycles. The Kier molecular flexibility index (Phi) is 8.55. The van der Waals surface area contributed by atoms with Crippen molar-refractivity contribution in [1.29, 1.82) is 0 Å². The van der Waals surface area contributed by atoms with E-state index >= 15 is 0 Å². The molecular weight excluding hydrogens is 268 g/mol. The molecule has 5 heteroatoms. The van der Waals surface area contributed by atoms with Crippen molar-refractivity contribution in [2.75, 3.05) is 19.6 Å². The number of allylic oxidation sites excluding steroid dienone is 1. The lowest BCUT2D eigenvalue weighted by Gasteiger charge is -2.16. The highest BCUT2D eigenvalue weighted by Crippen LogP contribution is 2.16. The Hall–Kier alpha value is -1.52. The van der Waals surface area contributed by atoms with Crippen molar-refractivity contribution >= 4 is 12.0 Å². The number of urea groups is 1. The maximum absolute atomic E-state index is 11.8. The minimum absolute atomic E-state index is 0.121. The summed E-state index contributed by atoms with van der Waals surface area (Å²) in [5, 5.41) is 11.8. The largest absolute Gasteiger partial charge is 0.481 e. The number of nitrogens with zero attached hydrogens (tertiary/aromatic N) is 1. The van der Waals surface area contributed by atoms with E-state index in [2.05, 4.69) is 11.9 Å². The number of carbonyl (C=O) groups excluding carboxylic acids is 1. The van der Waals surface area contributed by atoms with E-state index < -0.39 is 11.9 Å². The highest BCUT2D eigenvalue weighted by molar-refractivity contribution is 5.77. The topological polar surface area (TPSA) is 69.6 Å². The van der Waals surface area contributed by atoms with Crippen molar-refractivity contribution in [3.8, 4) is 0 Å². The van der Waals surface area contributed by atoms with Crippen LogP contribution < -0.4 is 5.32 Å². The van der Waals surface area contributed by atoms with Gasteiger partial charge in [-0.05, 0) is 25.7 Å². The van der Waals surface area contributed by atoms with E-state index in [1.165, 1.54) is 25.7 Å². The van der Waals surface area contributed by atoms with Gasteiger partial charge in [0.2, 0.25) is 0 Å². The van der Waals surface area contributed by atoms with Crippen LogP contribution in [0.25, 0.3) is 0 Å². The number of carboxylic acids is 1.